The molecule has 0 bridgehead atoms. The van der Waals surface area contributed by atoms with Gasteiger partial charge in [-0.25, -0.2) is 21.5 Å². The minimum atomic E-state index is -4.38. The van der Waals surface area contributed by atoms with Crippen LogP contribution in [0, 0.1) is 11.6 Å². The fraction of sp³-hybridized carbons (Fsp3) is 0.300. The lowest BCUT2D eigenvalue weighted by Gasteiger charge is -2.16. The summed E-state index contributed by atoms with van der Waals surface area (Å²) in [6, 6.07) is 2.68. The van der Waals surface area contributed by atoms with Crippen molar-refractivity contribution in [1.82, 2.24) is 4.31 Å². The summed E-state index contributed by atoms with van der Waals surface area (Å²) < 4.78 is 51.0. The molecule has 18 heavy (non-hydrogen) atoms. The van der Waals surface area contributed by atoms with E-state index in [-0.39, 0.29) is 6.54 Å². The van der Waals surface area contributed by atoms with Gasteiger partial charge in [-0.05, 0) is 12.1 Å². The summed E-state index contributed by atoms with van der Waals surface area (Å²) in [6.45, 7) is -0.370. The molecule has 0 aliphatic rings. The number of carbonyl (C=O) groups is 1. The van der Waals surface area contributed by atoms with E-state index in [2.05, 4.69) is 0 Å². The maximum atomic E-state index is 13.3. The predicted molar refractivity (Wildman–Crippen MR) is 58.4 cm³/mol. The molecule has 1 N–H and O–H groups in total. The number of halogens is 2. The third-order valence-corrected chi connectivity index (χ3v) is 4.14. The Labute approximate surface area is 103 Å². The van der Waals surface area contributed by atoms with E-state index in [0.717, 1.165) is 25.2 Å². The van der Waals surface area contributed by atoms with Crippen LogP contribution in [0.25, 0.3) is 0 Å². The van der Waals surface area contributed by atoms with Gasteiger partial charge in [0, 0.05) is 13.6 Å². The highest BCUT2D eigenvalue weighted by Gasteiger charge is 2.28. The van der Waals surface area contributed by atoms with Crippen LogP contribution in [-0.4, -0.2) is 37.4 Å². The van der Waals surface area contributed by atoms with E-state index in [0.29, 0.717) is 4.31 Å². The van der Waals surface area contributed by atoms with Crippen LogP contribution >= 0.6 is 0 Å². The zero-order valence-corrected chi connectivity index (χ0v) is 10.2. The van der Waals surface area contributed by atoms with E-state index in [1.807, 2.05) is 0 Å². The first-order valence-electron chi connectivity index (χ1n) is 4.89. The fourth-order valence-corrected chi connectivity index (χ4v) is 2.53. The monoisotopic (exact) mass is 279 g/mol. The molecule has 0 unspecified atom stereocenters. The average Bonchev–Trinajstić information content (AvgIpc) is 2.25. The molecule has 0 radical (unpaired) electrons. The molecule has 0 amide bonds. The Kier molecular flexibility index (Phi) is 4.36. The van der Waals surface area contributed by atoms with Gasteiger partial charge in [0.05, 0.1) is 6.42 Å². The Morgan fingerprint density at radius 3 is 2.28 bits per heavy atom. The Bertz CT molecular complexity index is 539. The molecule has 0 atom stereocenters. The van der Waals surface area contributed by atoms with Crippen LogP contribution in [0.5, 0.6) is 0 Å². The SMILES string of the molecule is CN(CCC(=O)O)S(=O)(=O)c1c(F)cccc1F. The maximum absolute atomic E-state index is 13.3. The summed E-state index contributed by atoms with van der Waals surface area (Å²) in [5, 5.41) is 8.44. The number of rotatable bonds is 5. The van der Waals surface area contributed by atoms with Crippen molar-refractivity contribution in [3.05, 3.63) is 29.8 Å². The van der Waals surface area contributed by atoms with Crippen molar-refractivity contribution < 1.29 is 27.1 Å². The van der Waals surface area contributed by atoms with E-state index in [4.69, 9.17) is 5.11 Å². The zero-order chi connectivity index (χ0) is 13.9. The molecule has 0 saturated heterocycles. The predicted octanol–water partition coefficient (Wildman–Crippen LogP) is 1.06. The van der Waals surface area contributed by atoms with Crippen molar-refractivity contribution in [2.75, 3.05) is 13.6 Å². The Morgan fingerprint density at radius 2 is 1.83 bits per heavy atom. The number of nitrogens with zero attached hydrogens (tertiary/aromatic N) is 1. The summed E-state index contributed by atoms with van der Waals surface area (Å²) in [5.74, 6) is -3.62. The first kappa shape index (κ1) is 14.5. The minimum absolute atomic E-state index is 0.370. The number of aliphatic carboxylic acids is 1. The van der Waals surface area contributed by atoms with Crippen LogP contribution in [0.15, 0.2) is 23.1 Å². The quantitative estimate of drug-likeness (QED) is 0.874. The summed E-state index contributed by atoms with van der Waals surface area (Å²) in [4.78, 5) is 9.26. The topological polar surface area (TPSA) is 74.7 Å². The molecular formula is C10H11F2NO4S. The van der Waals surface area contributed by atoms with Gasteiger partial charge < -0.3 is 5.11 Å². The van der Waals surface area contributed by atoms with Gasteiger partial charge >= 0.3 is 5.97 Å². The first-order chi connectivity index (χ1) is 8.26. The van der Waals surface area contributed by atoms with Crippen molar-refractivity contribution in [2.45, 2.75) is 11.3 Å². The molecule has 1 aromatic rings. The van der Waals surface area contributed by atoms with Crippen molar-refractivity contribution >= 4 is 16.0 Å². The van der Waals surface area contributed by atoms with Gasteiger partial charge in [0.1, 0.15) is 11.6 Å². The summed E-state index contributed by atoms with van der Waals surface area (Å²) >= 11 is 0. The van der Waals surface area contributed by atoms with Gasteiger partial charge in [0.2, 0.25) is 10.0 Å². The van der Waals surface area contributed by atoms with Crippen molar-refractivity contribution in [3.63, 3.8) is 0 Å². The van der Waals surface area contributed by atoms with Gasteiger partial charge in [-0.3, -0.25) is 4.79 Å². The van der Waals surface area contributed by atoms with Crippen LogP contribution < -0.4 is 0 Å². The van der Waals surface area contributed by atoms with Crippen molar-refractivity contribution in [2.24, 2.45) is 0 Å². The number of hydrogen-bond acceptors (Lipinski definition) is 3. The molecule has 8 heteroatoms. The van der Waals surface area contributed by atoms with Gasteiger partial charge in [0.15, 0.2) is 4.90 Å². The molecule has 0 fully saturated rings. The van der Waals surface area contributed by atoms with E-state index >= 15 is 0 Å². The van der Waals surface area contributed by atoms with Gasteiger partial charge in [-0.1, -0.05) is 6.07 Å². The number of sulfonamides is 1. The van der Waals surface area contributed by atoms with E-state index in [9.17, 15) is 22.0 Å². The number of carboxylic acid groups (broad SMARTS) is 1. The molecule has 0 aliphatic heterocycles. The molecule has 5 nitrogen and oxygen atoms in total. The molecule has 0 heterocycles. The smallest absolute Gasteiger partial charge is 0.304 e. The van der Waals surface area contributed by atoms with Crippen LogP contribution in [0.1, 0.15) is 6.42 Å². The Hall–Kier alpha value is -1.54. The van der Waals surface area contributed by atoms with Gasteiger partial charge in [-0.15, -0.1) is 0 Å². The molecular weight excluding hydrogens is 268 g/mol. The van der Waals surface area contributed by atoms with Crippen molar-refractivity contribution in [3.8, 4) is 0 Å². The number of benzene rings is 1. The maximum Gasteiger partial charge on any atom is 0.304 e. The Morgan fingerprint density at radius 1 is 1.33 bits per heavy atom. The Balaban J connectivity index is 3.10. The van der Waals surface area contributed by atoms with Crippen LogP contribution in [0.2, 0.25) is 0 Å². The summed E-state index contributed by atoms with van der Waals surface area (Å²) in [7, 11) is -3.32. The lowest BCUT2D eigenvalue weighted by atomic mass is 10.3. The lowest BCUT2D eigenvalue weighted by molar-refractivity contribution is -0.137. The summed E-state index contributed by atoms with van der Waals surface area (Å²) in [6.07, 6.45) is -0.453. The van der Waals surface area contributed by atoms with Crippen LogP contribution in [0.4, 0.5) is 8.78 Å². The minimum Gasteiger partial charge on any atom is -0.481 e. The van der Waals surface area contributed by atoms with Crippen LogP contribution in [0.3, 0.4) is 0 Å². The van der Waals surface area contributed by atoms with Crippen molar-refractivity contribution in [1.29, 1.82) is 0 Å². The highest BCUT2D eigenvalue weighted by molar-refractivity contribution is 7.89. The molecule has 0 saturated carbocycles. The van der Waals surface area contributed by atoms with Gasteiger partial charge in [-0.2, -0.15) is 0 Å². The number of carboxylic acids is 1. The van der Waals surface area contributed by atoms with E-state index in [1.54, 1.807) is 0 Å². The third-order valence-electron chi connectivity index (χ3n) is 2.23. The highest BCUT2D eigenvalue weighted by Crippen LogP contribution is 2.21. The zero-order valence-electron chi connectivity index (χ0n) is 9.43. The fourth-order valence-electron chi connectivity index (χ4n) is 1.26. The van der Waals surface area contributed by atoms with E-state index < -0.39 is 38.9 Å². The molecule has 0 aromatic heterocycles. The summed E-state index contributed by atoms with van der Waals surface area (Å²) in [5.41, 5.74) is 0. The largest absolute Gasteiger partial charge is 0.481 e. The second kappa shape index (κ2) is 5.40. The second-order valence-corrected chi connectivity index (χ2v) is 5.50. The molecule has 0 aliphatic carbocycles. The van der Waals surface area contributed by atoms with Crippen LogP contribution in [-0.2, 0) is 14.8 Å². The van der Waals surface area contributed by atoms with Gasteiger partial charge in [0.25, 0.3) is 0 Å². The second-order valence-electron chi connectivity index (χ2n) is 3.52. The normalized spacial score (nSPS) is 11.8. The molecule has 1 aromatic carbocycles. The van der Waals surface area contributed by atoms with E-state index in [1.165, 1.54) is 0 Å². The third kappa shape index (κ3) is 3.02. The lowest BCUT2D eigenvalue weighted by Crippen LogP contribution is -2.30. The highest BCUT2D eigenvalue weighted by atomic mass is 32.2. The average molecular weight is 279 g/mol. The molecule has 1 rings (SSSR count). The number of hydrogen-bond donors (Lipinski definition) is 1. The molecule has 0 spiro atoms. The first-order valence-corrected chi connectivity index (χ1v) is 6.33. The molecule has 100 valence electrons. The standard InChI is InChI=1S/C10H11F2NO4S/c1-13(6-5-9(14)15)18(16,17)10-7(11)3-2-4-8(10)12/h2-4H,5-6H2,1H3,(H,14,15).